The number of rotatable bonds is 6. The van der Waals surface area contributed by atoms with Crippen molar-refractivity contribution in [2.45, 2.75) is 5.41 Å². The van der Waals surface area contributed by atoms with Crippen molar-refractivity contribution in [1.82, 2.24) is 0 Å². The van der Waals surface area contributed by atoms with E-state index in [1.54, 1.807) is 0 Å². The zero-order valence-corrected chi connectivity index (χ0v) is 35.1. The van der Waals surface area contributed by atoms with Crippen LogP contribution in [-0.4, -0.2) is 0 Å². The Hall–Kier alpha value is -8.26. The quantitative estimate of drug-likeness (QED) is 0.162. The Bertz CT molecular complexity index is 3560. The van der Waals surface area contributed by atoms with Gasteiger partial charge in [0.05, 0.1) is 11.1 Å². The highest BCUT2D eigenvalue weighted by atomic mass is 15.1. The van der Waals surface area contributed by atoms with Gasteiger partial charge in [-0.25, -0.2) is 0 Å². The fraction of sp³-hybridized carbons (Fsp3) is 0.0159. The molecule has 0 bridgehead atoms. The van der Waals surface area contributed by atoms with Gasteiger partial charge < -0.3 is 4.90 Å². The molecule has 0 aliphatic heterocycles. The van der Waals surface area contributed by atoms with Crippen LogP contribution in [0.15, 0.2) is 249 Å². The van der Waals surface area contributed by atoms with E-state index in [4.69, 9.17) is 0 Å². The Balaban J connectivity index is 0.980. The molecule has 0 heterocycles. The summed E-state index contributed by atoms with van der Waals surface area (Å²) >= 11 is 0. The van der Waals surface area contributed by atoms with E-state index in [0.717, 1.165) is 17.1 Å². The van der Waals surface area contributed by atoms with Gasteiger partial charge in [-0.3, -0.25) is 0 Å². The van der Waals surface area contributed by atoms with E-state index in [-0.39, 0.29) is 0 Å². The summed E-state index contributed by atoms with van der Waals surface area (Å²) in [6, 6.07) is 92.1. The lowest BCUT2D eigenvalue weighted by Gasteiger charge is -2.32. The van der Waals surface area contributed by atoms with Gasteiger partial charge in [0.15, 0.2) is 0 Å². The summed E-state index contributed by atoms with van der Waals surface area (Å²) < 4.78 is 0. The van der Waals surface area contributed by atoms with Gasteiger partial charge in [-0.05, 0) is 136 Å². The average molecular weight is 812 g/mol. The highest BCUT2D eigenvalue weighted by Crippen LogP contribution is 2.64. The number of anilines is 3. The molecule has 0 saturated heterocycles. The molecule has 2 aliphatic carbocycles. The topological polar surface area (TPSA) is 3.24 Å². The Morgan fingerprint density at radius 3 is 1.45 bits per heavy atom. The Labute approximate surface area is 373 Å². The Morgan fingerprint density at radius 2 is 0.734 bits per heavy atom. The van der Waals surface area contributed by atoms with Crippen LogP contribution in [0.3, 0.4) is 0 Å². The summed E-state index contributed by atoms with van der Waals surface area (Å²) in [5.74, 6) is 0. The second kappa shape index (κ2) is 14.4. The SMILES string of the molecule is c1cc(-c2ccc(N(c3ccc(-c4cccc5ccccc45)cc3)c3cccc4c3-c3ccccc3C43c4ccccc4-c4ccccc43)cc2)cc(-c2ccc3ccccc3c2)c1. The van der Waals surface area contributed by atoms with Crippen LogP contribution in [0.1, 0.15) is 22.3 Å². The summed E-state index contributed by atoms with van der Waals surface area (Å²) in [5.41, 5.74) is 20.7. The minimum atomic E-state index is -0.432. The first-order chi connectivity index (χ1) is 31.7. The summed E-state index contributed by atoms with van der Waals surface area (Å²) in [7, 11) is 0. The van der Waals surface area contributed by atoms with E-state index in [9.17, 15) is 0 Å². The fourth-order valence-electron chi connectivity index (χ4n) is 11.1. The average Bonchev–Trinajstić information content (AvgIpc) is 3.85. The van der Waals surface area contributed by atoms with Gasteiger partial charge in [-0.15, -0.1) is 0 Å². The van der Waals surface area contributed by atoms with E-state index in [1.807, 2.05) is 0 Å². The lowest BCUT2D eigenvalue weighted by Crippen LogP contribution is -2.26. The van der Waals surface area contributed by atoms with E-state index in [1.165, 1.54) is 99.4 Å². The number of fused-ring (bicyclic) bond motifs is 12. The molecular weight excluding hydrogens is 771 g/mol. The van der Waals surface area contributed by atoms with Crippen molar-refractivity contribution >= 4 is 38.6 Å². The lowest BCUT2D eigenvalue weighted by atomic mass is 9.70. The minimum Gasteiger partial charge on any atom is -0.310 e. The number of benzene rings is 11. The van der Waals surface area contributed by atoms with Crippen molar-refractivity contribution in [2.24, 2.45) is 0 Å². The van der Waals surface area contributed by atoms with Gasteiger partial charge in [0, 0.05) is 16.9 Å². The van der Waals surface area contributed by atoms with Crippen LogP contribution < -0.4 is 4.90 Å². The largest absolute Gasteiger partial charge is 0.310 e. The molecule has 1 heteroatoms. The molecule has 0 fully saturated rings. The highest BCUT2D eigenvalue weighted by molar-refractivity contribution is 6.02. The van der Waals surface area contributed by atoms with Crippen LogP contribution in [0.5, 0.6) is 0 Å². The standard InChI is InChI=1S/C63H41N/c1-2-16-46-41-49(31-30-42(46)14-1)48-19-11-18-47(40-48)43-32-36-50(37-33-43)64(51-38-34-45(35-39-51)53-24-12-17-44-15-3-4-20-52(44)53)61-29-13-28-60-62(61)56-23-7-10-27-59(56)63(60)57-25-8-5-21-54(57)55-22-6-9-26-58(55)63/h1-41H. The van der Waals surface area contributed by atoms with E-state index in [0.29, 0.717) is 0 Å². The Morgan fingerprint density at radius 1 is 0.266 bits per heavy atom. The van der Waals surface area contributed by atoms with Crippen LogP contribution in [0.4, 0.5) is 17.1 Å². The zero-order valence-electron chi connectivity index (χ0n) is 35.1. The fourth-order valence-corrected chi connectivity index (χ4v) is 11.1. The summed E-state index contributed by atoms with van der Waals surface area (Å²) in [6.45, 7) is 0. The van der Waals surface area contributed by atoms with E-state index >= 15 is 0 Å². The molecule has 11 aromatic carbocycles. The van der Waals surface area contributed by atoms with E-state index in [2.05, 4.69) is 254 Å². The molecule has 0 atom stereocenters. The second-order valence-corrected chi connectivity index (χ2v) is 17.2. The molecule has 0 aromatic heterocycles. The van der Waals surface area contributed by atoms with Crippen molar-refractivity contribution in [3.8, 4) is 55.6 Å². The maximum atomic E-state index is 2.48. The molecule has 13 rings (SSSR count). The van der Waals surface area contributed by atoms with Gasteiger partial charge >= 0.3 is 0 Å². The maximum Gasteiger partial charge on any atom is 0.0726 e. The molecule has 0 unspecified atom stereocenters. The van der Waals surface area contributed by atoms with Gasteiger partial charge in [-0.2, -0.15) is 0 Å². The number of hydrogen-bond donors (Lipinski definition) is 0. The van der Waals surface area contributed by atoms with Crippen LogP contribution in [-0.2, 0) is 5.41 Å². The monoisotopic (exact) mass is 811 g/mol. The van der Waals surface area contributed by atoms with Gasteiger partial charge in [0.2, 0.25) is 0 Å². The minimum absolute atomic E-state index is 0.432. The molecule has 0 N–H and O–H groups in total. The van der Waals surface area contributed by atoms with Crippen molar-refractivity contribution in [3.05, 3.63) is 271 Å². The molecule has 2 aliphatic rings. The number of nitrogens with zero attached hydrogens (tertiary/aromatic N) is 1. The molecule has 0 radical (unpaired) electrons. The summed E-state index contributed by atoms with van der Waals surface area (Å²) in [5, 5.41) is 5.01. The highest BCUT2D eigenvalue weighted by Gasteiger charge is 2.52. The third-order valence-electron chi connectivity index (χ3n) is 13.9. The molecule has 1 spiro atoms. The maximum absolute atomic E-state index is 2.48. The third kappa shape index (κ3) is 5.44. The molecule has 11 aromatic rings. The molecule has 1 nitrogen and oxygen atoms in total. The normalized spacial score (nSPS) is 12.8. The first-order valence-corrected chi connectivity index (χ1v) is 22.2. The first-order valence-electron chi connectivity index (χ1n) is 22.2. The lowest BCUT2D eigenvalue weighted by molar-refractivity contribution is 0.794. The van der Waals surface area contributed by atoms with Crippen molar-refractivity contribution < 1.29 is 0 Å². The van der Waals surface area contributed by atoms with Crippen LogP contribution in [0.2, 0.25) is 0 Å². The van der Waals surface area contributed by atoms with Gasteiger partial charge in [0.1, 0.15) is 0 Å². The predicted molar refractivity (Wildman–Crippen MR) is 269 cm³/mol. The van der Waals surface area contributed by atoms with Crippen LogP contribution in [0, 0.1) is 0 Å². The van der Waals surface area contributed by atoms with Crippen molar-refractivity contribution in [2.75, 3.05) is 4.90 Å². The molecule has 0 amide bonds. The zero-order chi connectivity index (χ0) is 42.2. The van der Waals surface area contributed by atoms with Crippen LogP contribution >= 0.6 is 0 Å². The van der Waals surface area contributed by atoms with Crippen molar-refractivity contribution in [3.63, 3.8) is 0 Å². The van der Waals surface area contributed by atoms with Gasteiger partial charge in [0.25, 0.3) is 0 Å². The number of hydrogen-bond acceptors (Lipinski definition) is 1. The predicted octanol–water partition coefficient (Wildman–Crippen LogP) is 16.8. The van der Waals surface area contributed by atoms with E-state index < -0.39 is 5.41 Å². The third-order valence-corrected chi connectivity index (χ3v) is 13.9. The summed E-state index contributed by atoms with van der Waals surface area (Å²) in [4.78, 5) is 2.48. The molecule has 298 valence electrons. The molecule has 0 saturated carbocycles. The first kappa shape index (κ1) is 36.4. The Kier molecular flexibility index (Phi) is 8.20. The molecular formula is C63H41N. The molecule has 64 heavy (non-hydrogen) atoms. The van der Waals surface area contributed by atoms with Gasteiger partial charge in [-0.1, -0.05) is 206 Å². The smallest absolute Gasteiger partial charge is 0.0726 e. The second-order valence-electron chi connectivity index (χ2n) is 17.2. The van der Waals surface area contributed by atoms with Crippen molar-refractivity contribution in [1.29, 1.82) is 0 Å². The summed E-state index contributed by atoms with van der Waals surface area (Å²) in [6.07, 6.45) is 0. The van der Waals surface area contributed by atoms with Crippen LogP contribution in [0.25, 0.3) is 77.2 Å².